The summed E-state index contributed by atoms with van der Waals surface area (Å²) < 4.78 is 5.34. The van der Waals surface area contributed by atoms with E-state index >= 15 is 0 Å². The summed E-state index contributed by atoms with van der Waals surface area (Å²) in [6.45, 7) is 3.91. The number of hydrogen-bond donors (Lipinski definition) is 3. The Labute approximate surface area is 122 Å². The summed E-state index contributed by atoms with van der Waals surface area (Å²) in [5.74, 6) is 0.365. The predicted molar refractivity (Wildman–Crippen MR) is 80.7 cm³/mol. The lowest BCUT2D eigenvalue weighted by molar-refractivity contribution is 0.0958. The molecular formula is C13H21N3O3S. The third-order valence-electron chi connectivity index (χ3n) is 3.28. The number of methoxy groups -OCH3 is 1. The molecule has 0 spiro atoms. The standard InChI is InChI=1S/C13H21N3O3S/c1-3-5-15-12(18)11-9(14)10(19-2)13(20-11)16-6-4-8(17)7-16/h8,17H,3-7,14H2,1-2H3,(H,15,18). The molecule has 1 amide bonds. The lowest BCUT2D eigenvalue weighted by atomic mass is 10.3. The molecule has 6 nitrogen and oxygen atoms in total. The van der Waals surface area contributed by atoms with Crippen LogP contribution in [0.3, 0.4) is 0 Å². The molecule has 1 aliphatic heterocycles. The second-order valence-corrected chi connectivity index (χ2v) is 5.83. The van der Waals surface area contributed by atoms with E-state index in [-0.39, 0.29) is 12.0 Å². The number of carbonyl (C=O) groups is 1. The number of nitrogen functional groups attached to an aromatic ring is 1. The monoisotopic (exact) mass is 299 g/mol. The van der Waals surface area contributed by atoms with Crippen molar-refractivity contribution in [1.29, 1.82) is 0 Å². The number of nitrogens with zero attached hydrogens (tertiary/aromatic N) is 1. The normalized spacial score (nSPS) is 18.4. The SMILES string of the molecule is CCCNC(=O)c1sc(N2CCC(O)C2)c(OC)c1N. The lowest BCUT2D eigenvalue weighted by Crippen LogP contribution is -2.23. The Bertz CT molecular complexity index is 489. The fourth-order valence-electron chi connectivity index (χ4n) is 2.24. The number of nitrogens with two attached hydrogens (primary N) is 1. The molecule has 20 heavy (non-hydrogen) atoms. The molecule has 0 radical (unpaired) electrons. The summed E-state index contributed by atoms with van der Waals surface area (Å²) >= 11 is 1.32. The molecule has 1 aliphatic rings. The van der Waals surface area contributed by atoms with Crippen molar-refractivity contribution < 1.29 is 14.6 Å². The van der Waals surface area contributed by atoms with E-state index in [1.165, 1.54) is 11.3 Å². The first-order chi connectivity index (χ1) is 9.58. The lowest BCUT2D eigenvalue weighted by Gasteiger charge is -2.16. The minimum Gasteiger partial charge on any atom is -0.492 e. The van der Waals surface area contributed by atoms with E-state index in [2.05, 4.69) is 5.32 Å². The van der Waals surface area contributed by atoms with E-state index in [0.29, 0.717) is 29.4 Å². The molecule has 0 bridgehead atoms. The molecule has 1 aromatic heterocycles. The van der Waals surface area contributed by atoms with Gasteiger partial charge in [-0.3, -0.25) is 4.79 Å². The Morgan fingerprint density at radius 2 is 2.40 bits per heavy atom. The molecule has 2 heterocycles. The Balaban J connectivity index is 2.26. The zero-order chi connectivity index (χ0) is 14.7. The molecule has 7 heteroatoms. The van der Waals surface area contributed by atoms with Crippen LogP contribution in [0.25, 0.3) is 0 Å². The van der Waals surface area contributed by atoms with Crippen molar-refractivity contribution in [3.05, 3.63) is 4.88 Å². The van der Waals surface area contributed by atoms with Gasteiger partial charge in [0.05, 0.1) is 13.2 Å². The molecule has 2 rings (SSSR count). The number of nitrogens with one attached hydrogen (secondary N) is 1. The second kappa shape index (κ2) is 6.32. The molecule has 4 N–H and O–H groups in total. The topological polar surface area (TPSA) is 87.8 Å². The second-order valence-electron chi connectivity index (χ2n) is 4.83. The van der Waals surface area contributed by atoms with Gasteiger partial charge in [0.15, 0.2) is 5.75 Å². The number of anilines is 2. The molecule has 1 atom stereocenters. The molecular weight excluding hydrogens is 278 g/mol. The van der Waals surface area contributed by atoms with Crippen LogP contribution < -0.4 is 20.7 Å². The maximum atomic E-state index is 12.1. The van der Waals surface area contributed by atoms with Crippen LogP contribution in [0.4, 0.5) is 10.7 Å². The van der Waals surface area contributed by atoms with Crippen LogP contribution >= 0.6 is 11.3 Å². The van der Waals surface area contributed by atoms with Gasteiger partial charge >= 0.3 is 0 Å². The van der Waals surface area contributed by atoms with Gasteiger partial charge in [-0.1, -0.05) is 6.92 Å². The number of ether oxygens (including phenoxy) is 1. The van der Waals surface area contributed by atoms with Crippen LogP contribution in [-0.2, 0) is 0 Å². The van der Waals surface area contributed by atoms with Crippen LogP contribution in [0.1, 0.15) is 29.4 Å². The van der Waals surface area contributed by atoms with E-state index in [1.54, 1.807) is 7.11 Å². The first-order valence-corrected chi connectivity index (χ1v) is 7.57. The van der Waals surface area contributed by atoms with Gasteiger partial charge in [-0.2, -0.15) is 0 Å². The molecule has 0 saturated carbocycles. The van der Waals surface area contributed by atoms with Gasteiger partial charge in [-0.25, -0.2) is 0 Å². The molecule has 0 aliphatic carbocycles. The molecule has 1 saturated heterocycles. The van der Waals surface area contributed by atoms with Gasteiger partial charge < -0.3 is 25.8 Å². The van der Waals surface area contributed by atoms with Crippen molar-refractivity contribution in [2.24, 2.45) is 0 Å². The highest BCUT2D eigenvalue weighted by Crippen LogP contribution is 2.45. The highest BCUT2D eigenvalue weighted by Gasteiger charge is 2.29. The summed E-state index contributed by atoms with van der Waals surface area (Å²) in [5.41, 5.74) is 6.40. The predicted octanol–water partition coefficient (Wildman–Crippen LogP) is 1.05. The molecule has 112 valence electrons. The highest BCUT2D eigenvalue weighted by molar-refractivity contribution is 7.19. The number of rotatable bonds is 5. The zero-order valence-corrected chi connectivity index (χ0v) is 12.6. The number of carbonyl (C=O) groups excluding carboxylic acids is 1. The van der Waals surface area contributed by atoms with Crippen molar-refractivity contribution >= 4 is 27.9 Å². The maximum Gasteiger partial charge on any atom is 0.263 e. The first-order valence-electron chi connectivity index (χ1n) is 6.75. The van der Waals surface area contributed by atoms with E-state index in [0.717, 1.165) is 24.4 Å². The fraction of sp³-hybridized carbons (Fsp3) is 0.615. The van der Waals surface area contributed by atoms with Crippen molar-refractivity contribution in [2.45, 2.75) is 25.9 Å². The third kappa shape index (κ3) is 2.83. The van der Waals surface area contributed by atoms with E-state index in [1.807, 2.05) is 11.8 Å². The minimum absolute atomic E-state index is 0.168. The Morgan fingerprint density at radius 1 is 1.65 bits per heavy atom. The van der Waals surface area contributed by atoms with Crippen molar-refractivity contribution in [3.8, 4) is 5.75 Å². The number of amides is 1. The van der Waals surface area contributed by atoms with Gasteiger partial charge in [-0.05, 0) is 12.8 Å². The van der Waals surface area contributed by atoms with Crippen molar-refractivity contribution in [2.75, 3.05) is 37.4 Å². The molecule has 1 fully saturated rings. The van der Waals surface area contributed by atoms with E-state index in [4.69, 9.17) is 10.5 Å². The summed E-state index contributed by atoms with van der Waals surface area (Å²) in [5, 5.41) is 13.3. The smallest absolute Gasteiger partial charge is 0.263 e. The molecule has 0 aromatic carbocycles. The average Bonchev–Trinajstić information content (AvgIpc) is 2.99. The van der Waals surface area contributed by atoms with Crippen LogP contribution in [0.2, 0.25) is 0 Å². The van der Waals surface area contributed by atoms with Gasteiger partial charge in [0.2, 0.25) is 0 Å². The minimum atomic E-state index is -0.333. The van der Waals surface area contributed by atoms with E-state index < -0.39 is 0 Å². The summed E-state index contributed by atoms with van der Waals surface area (Å²) in [6, 6.07) is 0. The van der Waals surface area contributed by atoms with Gasteiger partial charge in [0.25, 0.3) is 5.91 Å². The van der Waals surface area contributed by atoms with E-state index in [9.17, 15) is 9.90 Å². The average molecular weight is 299 g/mol. The van der Waals surface area contributed by atoms with Crippen molar-refractivity contribution in [1.82, 2.24) is 5.32 Å². The maximum absolute atomic E-state index is 12.1. The number of aliphatic hydroxyl groups excluding tert-OH is 1. The zero-order valence-electron chi connectivity index (χ0n) is 11.8. The Morgan fingerprint density at radius 3 is 2.95 bits per heavy atom. The summed E-state index contributed by atoms with van der Waals surface area (Å²) in [4.78, 5) is 14.6. The Hall–Kier alpha value is -1.47. The third-order valence-corrected chi connectivity index (χ3v) is 4.53. The number of hydrogen-bond acceptors (Lipinski definition) is 6. The van der Waals surface area contributed by atoms with Gasteiger partial charge in [-0.15, -0.1) is 11.3 Å². The summed E-state index contributed by atoms with van der Waals surface area (Å²) in [7, 11) is 1.54. The number of thiophene rings is 1. The largest absolute Gasteiger partial charge is 0.492 e. The van der Waals surface area contributed by atoms with Crippen LogP contribution in [0, 0.1) is 0 Å². The number of β-amino-alcohol motifs (C(OH)–C–C–N with tert-alkyl or cyclic N) is 1. The number of aliphatic hydroxyl groups is 1. The Kier molecular flexibility index (Phi) is 4.72. The molecule has 1 aromatic rings. The van der Waals surface area contributed by atoms with Crippen LogP contribution in [0.15, 0.2) is 0 Å². The quantitative estimate of drug-likeness (QED) is 0.756. The van der Waals surface area contributed by atoms with Crippen LogP contribution in [0.5, 0.6) is 5.75 Å². The van der Waals surface area contributed by atoms with Crippen molar-refractivity contribution in [3.63, 3.8) is 0 Å². The highest BCUT2D eigenvalue weighted by atomic mass is 32.1. The van der Waals surface area contributed by atoms with Gasteiger partial charge in [0.1, 0.15) is 15.6 Å². The fourth-order valence-corrected chi connectivity index (χ4v) is 3.38. The molecule has 1 unspecified atom stereocenters. The van der Waals surface area contributed by atoms with Gasteiger partial charge in [0, 0.05) is 19.6 Å². The first kappa shape index (κ1) is 14.9. The summed E-state index contributed by atoms with van der Waals surface area (Å²) in [6.07, 6.45) is 1.26. The van der Waals surface area contributed by atoms with Crippen LogP contribution in [-0.4, -0.2) is 43.9 Å².